The molecule has 3 aromatic rings. The molecule has 0 radical (unpaired) electrons. The Hall–Kier alpha value is -3.01. The van der Waals surface area contributed by atoms with E-state index >= 15 is 0 Å². The molecule has 1 N–H and O–H groups in total. The highest BCUT2D eigenvalue weighted by molar-refractivity contribution is 5.99. The molecule has 1 heterocycles. The van der Waals surface area contributed by atoms with Crippen molar-refractivity contribution in [2.75, 3.05) is 0 Å². The summed E-state index contributed by atoms with van der Waals surface area (Å²) < 4.78 is 0. The molecule has 0 bridgehead atoms. The number of amides is 1. The van der Waals surface area contributed by atoms with Gasteiger partial charge in [-0.1, -0.05) is 60.7 Å². The molecule has 1 amide bonds. The van der Waals surface area contributed by atoms with E-state index in [2.05, 4.69) is 15.3 Å². The summed E-state index contributed by atoms with van der Waals surface area (Å²) in [6.45, 7) is 1.96. The molecule has 0 saturated carbocycles. The lowest BCUT2D eigenvalue weighted by atomic mass is 10.1. The van der Waals surface area contributed by atoms with Crippen molar-refractivity contribution in [1.29, 1.82) is 0 Å². The SMILES string of the molecule is CC(NC(=O)c1cncnc1-c1ccccc1)c1ccccc1. The van der Waals surface area contributed by atoms with Crippen molar-refractivity contribution in [3.8, 4) is 11.3 Å². The summed E-state index contributed by atoms with van der Waals surface area (Å²) in [5.41, 5.74) is 3.06. The molecule has 0 spiro atoms. The zero-order valence-corrected chi connectivity index (χ0v) is 12.8. The highest BCUT2D eigenvalue weighted by Crippen LogP contribution is 2.21. The van der Waals surface area contributed by atoms with E-state index in [9.17, 15) is 4.79 Å². The minimum absolute atomic E-state index is 0.0903. The summed E-state index contributed by atoms with van der Waals surface area (Å²) in [6, 6.07) is 19.4. The Morgan fingerprint density at radius 2 is 1.65 bits per heavy atom. The number of benzene rings is 2. The number of carbonyl (C=O) groups is 1. The van der Waals surface area contributed by atoms with Crippen molar-refractivity contribution in [3.63, 3.8) is 0 Å². The molecule has 0 aliphatic rings. The summed E-state index contributed by atoms with van der Waals surface area (Å²) in [4.78, 5) is 20.9. The van der Waals surface area contributed by atoms with Crippen LogP contribution in [0.1, 0.15) is 28.9 Å². The molecule has 0 fully saturated rings. The molecule has 0 saturated heterocycles. The van der Waals surface area contributed by atoms with Crippen LogP contribution in [-0.4, -0.2) is 15.9 Å². The van der Waals surface area contributed by atoms with Crippen LogP contribution < -0.4 is 5.32 Å². The van der Waals surface area contributed by atoms with Crippen molar-refractivity contribution >= 4 is 5.91 Å². The average Bonchev–Trinajstić information content (AvgIpc) is 2.63. The highest BCUT2D eigenvalue weighted by Gasteiger charge is 2.16. The van der Waals surface area contributed by atoms with E-state index in [1.54, 1.807) is 6.20 Å². The molecule has 0 aliphatic heterocycles. The van der Waals surface area contributed by atoms with Crippen LogP contribution >= 0.6 is 0 Å². The average molecular weight is 303 g/mol. The van der Waals surface area contributed by atoms with Gasteiger partial charge in [0.2, 0.25) is 0 Å². The molecule has 23 heavy (non-hydrogen) atoms. The molecule has 4 nitrogen and oxygen atoms in total. The van der Waals surface area contributed by atoms with Crippen molar-refractivity contribution in [1.82, 2.24) is 15.3 Å². The molecule has 2 aromatic carbocycles. The lowest BCUT2D eigenvalue weighted by Crippen LogP contribution is -2.27. The zero-order chi connectivity index (χ0) is 16.1. The maximum absolute atomic E-state index is 12.6. The number of aromatic nitrogens is 2. The third kappa shape index (κ3) is 3.43. The first-order chi connectivity index (χ1) is 11.3. The second-order valence-electron chi connectivity index (χ2n) is 5.26. The molecule has 1 aromatic heterocycles. The van der Waals surface area contributed by atoms with E-state index in [-0.39, 0.29) is 11.9 Å². The summed E-state index contributed by atoms with van der Waals surface area (Å²) in [5.74, 6) is -0.180. The van der Waals surface area contributed by atoms with Gasteiger partial charge in [-0.05, 0) is 12.5 Å². The Morgan fingerprint density at radius 3 is 2.35 bits per heavy atom. The standard InChI is InChI=1S/C19H17N3O/c1-14(15-8-4-2-5-9-15)22-19(23)17-12-20-13-21-18(17)16-10-6-3-7-11-16/h2-14H,1H3,(H,22,23). The van der Waals surface area contributed by atoms with Crippen molar-refractivity contribution in [2.24, 2.45) is 0 Å². The number of carbonyl (C=O) groups excluding carboxylic acids is 1. The summed E-state index contributed by atoms with van der Waals surface area (Å²) in [5, 5.41) is 3.00. The Morgan fingerprint density at radius 1 is 1.00 bits per heavy atom. The van der Waals surface area contributed by atoms with Crippen LogP contribution in [-0.2, 0) is 0 Å². The van der Waals surface area contributed by atoms with Crippen LogP contribution in [0.3, 0.4) is 0 Å². The third-order valence-electron chi connectivity index (χ3n) is 3.65. The largest absolute Gasteiger partial charge is 0.345 e. The number of hydrogen-bond acceptors (Lipinski definition) is 3. The van der Waals surface area contributed by atoms with E-state index in [4.69, 9.17) is 0 Å². The van der Waals surface area contributed by atoms with E-state index in [0.29, 0.717) is 11.3 Å². The minimum atomic E-state index is -0.180. The van der Waals surface area contributed by atoms with E-state index in [1.807, 2.05) is 67.6 Å². The molecule has 114 valence electrons. The molecular formula is C19H17N3O. The maximum atomic E-state index is 12.6. The van der Waals surface area contributed by atoms with Gasteiger partial charge in [-0.2, -0.15) is 0 Å². The Labute approximate surface area is 135 Å². The van der Waals surface area contributed by atoms with Gasteiger partial charge in [0.05, 0.1) is 17.3 Å². The smallest absolute Gasteiger partial charge is 0.255 e. The van der Waals surface area contributed by atoms with Crippen LogP contribution in [0.15, 0.2) is 73.2 Å². The lowest BCUT2D eigenvalue weighted by molar-refractivity contribution is 0.0940. The monoisotopic (exact) mass is 303 g/mol. The number of hydrogen-bond donors (Lipinski definition) is 1. The van der Waals surface area contributed by atoms with Gasteiger partial charge in [-0.25, -0.2) is 9.97 Å². The first-order valence-electron chi connectivity index (χ1n) is 7.47. The quantitative estimate of drug-likeness (QED) is 0.800. The number of nitrogens with one attached hydrogen (secondary N) is 1. The second-order valence-corrected chi connectivity index (χ2v) is 5.26. The van der Waals surface area contributed by atoms with E-state index in [1.165, 1.54) is 6.33 Å². The van der Waals surface area contributed by atoms with Crippen LogP contribution in [0.4, 0.5) is 0 Å². The maximum Gasteiger partial charge on any atom is 0.255 e. The fourth-order valence-electron chi connectivity index (χ4n) is 2.42. The fraction of sp³-hybridized carbons (Fsp3) is 0.105. The van der Waals surface area contributed by atoms with Gasteiger partial charge in [0.1, 0.15) is 6.33 Å². The molecule has 1 atom stereocenters. The highest BCUT2D eigenvalue weighted by atomic mass is 16.1. The van der Waals surface area contributed by atoms with Gasteiger partial charge < -0.3 is 5.32 Å². The Balaban J connectivity index is 1.86. The minimum Gasteiger partial charge on any atom is -0.345 e. The van der Waals surface area contributed by atoms with Crippen LogP contribution in [0.25, 0.3) is 11.3 Å². The lowest BCUT2D eigenvalue weighted by Gasteiger charge is -2.15. The van der Waals surface area contributed by atoms with Gasteiger partial charge in [-0.15, -0.1) is 0 Å². The first kappa shape index (κ1) is 14.9. The van der Waals surface area contributed by atoms with E-state index in [0.717, 1.165) is 11.1 Å². The predicted octanol–water partition coefficient (Wildman–Crippen LogP) is 3.63. The third-order valence-corrected chi connectivity index (χ3v) is 3.65. The Kier molecular flexibility index (Phi) is 4.43. The van der Waals surface area contributed by atoms with Crippen molar-refractivity contribution in [2.45, 2.75) is 13.0 Å². The van der Waals surface area contributed by atoms with Gasteiger partial charge in [-0.3, -0.25) is 4.79 Å². The van der Waals surface area contributed by atoms with Crippen LogP contribution in [0.5, 0.6) is 0 Å². The van der Waals surface area contributed by atoms with Crippen molar-refractivity contribution < 1.29 is 4.79 Å². The normalized spacial score (nSPS) is 11.7. The van der Waals surface area contributed by atoms with Gasteiger partial charge in [0, 0.05) is 11.8 Å². The molecule has 1 unspecified atom stereocenters. The summed E-state index contributed by atoms with van der Waals surface area (Å²) >= 11 is 0. The molecule has 4 heteroatoms. The first-order valence-corrected chi connectivity index (χ1v) is 7.47. The van der Waals surface area contributed by atoms with Gasteiger partial charge in [0.15, 0.2) is 0 Å². The molecule has 3 rings (SSSR count). The number of nitrogens with zero attached hydrogens (tertiary/aromatic N) is 2. The zero-order valence-electron chi connectivity index (χ0n) is 12.8. The van der Waals surface area contributed by atoms with E-state index < -0.39 is 0 Å². The van der Waals surface area contributed by atoms with Crippen LogP contribution in [0.2, 0.25) is 0 Å². The Bertz CT molecular complexity index is 788. The fourth-order valence-corrected chi connectivity index (χ4v) is 2.42. The van der Waals surface area contributed by atoms with Crippen molar-refractivity contribution in [3.05, 3.63) is 84.3 Å². The molecule has 0 aliphatic carbocycles. The summed E-state index contributed by atoms with van der Waals surface area (Å²) in [6.07, 6.45) is 3.02. The van der Waals surface area contributed by atoms with Crippen LogP contribution in [0, 0.1) is 0 Å². The number of rotatable bonds is 4. The second kappa shape index (κ2) is 6.83. The van der Waals surface area contributed by atoms with Gasteiger partial charge >= 0.3 is 0 Å². The summed E-state index contributed by atoms with van der Waals surface area (Å²) in [7, 11) is 0. The molecular weight excluding hydrogens is 286 g/mol. The topological polar surface area (TPSA) is 54.9 Å². The predicted molar refractivity (Wildman–Crippen MR) is 89.8 cm³/mol. The van der Waals surface area contributed by atoms with Gasteiger partial charge in [0.25, 0.3) is 5.91 Å².